The number of nitrogens with one attached hydrogen (secondary N) is 1. The molecule has 160 valence electrons. The number of rotatable bonds is 6. The highest BCUT2D eigenvalue weighted by atomic mass is 16.6. The largest absolute Gasteiger partial charge is 0.339 e. The van der Waals surface area contributed by atoms with Crippen molar-refractivity contribution >= 4 is 29.0 Å². The Labute approximate surface area is 179 Å². The number of anilines is 1. The van der Waals surface area contributed by atoms with Gasteiger partial charge >= 0.3 is 0 Å². The van der Waals surface area contributed by atoms with Crippen molar-refractivity contribution in [2.45, 2.75) is 19.8 Å². The molecule has 0 spiro atoms. The number of ketones is 1. The van der Waals surface area contributed by atoms with Gasteiger partial charge < -0.3 is 10.2 Å². The van der Waals surface area contributed by atoms with Crippen LogP contribution in [0.2, 0.25) is 0 Å². The van der Waals surface area contributed by atoms with E-state index in [4.69, 9.17) is 0 Å². The minimum atomic E-state index is -0.634. The van der Waals surface area contributed by atoms with E-state index in [0.29, 0.717) is 18.7 Å². The molecule has 1 N–H and O–H groups in total. The first-order chi connectivity index (χ1) is 14.8. The van der Waals surface area contributed by atoms with Crippen molar-refractivity contribution < 1.29 is 19.3 Å². The molecule has 2 amide bonds. The Morgan fingerprint density at radius 2 is 1.74 bits per heavy atom. The van der Waals surface area contributed by atoms with E-state index in [1.165, 1.54) is 31.2 Å². The van der Waals surface area contributed by atoms with Crippen LogP contribution < -0.4 is 5.32 Å². The second-order valence-electron chi connectivity index (χ2n) is 7.39. The number of carbonyl (C=O) groups is 3. The maximum atomic E-state index is 12.5. The number of hydrogen-bond acceptors (Lipinski definition) is 5. The fraction of sp³-hybridized carbons (Fsp3) is 0.261. The van der Waals surface area contributed by atoms with E-state index in [0.717, 1.165) is 12.8 Å². The number of hydrogen-bond donors (Lipinski definition) is 1. The first-order valence-electron chi connectivity index (χ1n) is 9.98. The molecule has 0 radical (unpaired) electrons. The van der Waals surface area contributed by atoms with Crippen LogP contribution in [0.15, 0.2) is 60.7 Å². The van der Waals surface area contributed by atoms with Gasteiger partial charge in [0.15, 0.2) is 5.78 Å². The zero-order valence-corrected chi connectivity index (χ0v) is 17.1. The van der Waals surface area contributed by atoms with E-state index in [9.17, 15) is 24.5 Å². The van der Waals surface area contributed by atoms with Gasteiger partial charge in [-0.3, -0.25) is 24.5 Å². The van der Waals surface area contributed by atoms with E-state index < -0.39 is 10.8 Å². The van der Waals surface area contributed by atoms with Gasteiger partial charge in [0.05, 0.1) is 4.92 Å². The molecule has 2 aromatic carbocycles. The second-order valence-corrected chi connectivity index (χ2v) is 7.39. The maximum Gasteiger partial charge on any atom is 0.293 e. The highest BCUT2D eigenvalue weighted by molar-refractivity contribution is 6.05. The SMILES string of the molecule is CC(=O)Nc1ccc(C(=O)/C=C/C2CCN(C(=O)c3ccccc3)CC2)cc1[N+](=O)[O-]. The molecule has 1 aliphatic heterocycles. The number of nitro benzene ring substituents is 1. The molecule has 0 aliphatic carbocycles. The van der Waals surface area contributed by atoms with Gasteiger partial charge in [-0.2, -0.15) is 0 Å². The van der Waals surface area contributed by atoms with Gasteiger partial charge in [0.25, 0.3) is 11.6 Å². The number of piperidine rings is 1. The van der Waals surface area contributed by atoms with Crippen molar-refractivity contribution in [1.82, 2.24) is 4.90 Å². The summed E-state index contributed by atoms with van der Waals surface area (Å²) in [4.78, 5) is 48.6. The Morgan fingerprint density at radius 3 is 2.35 bits per heavy atom. The predicted octanol–water partition coefficient (Wildman–Crippen LogP) is 3.84. The van der Waals surface area contributed by atoms with Gasteiger partial charge in [-0.05, 0) is 49.1 Å². The molecule has 0 atom stereocenters. The Bertz CT molecular complexity index is 1020. The number of nitro groups is 1. The smallest absolute Gasteiger partial charge is 0.293 e. The van der Waals surface area contributed by atoms with E-state index in [1.807, 2.05) is 23.1 Å². The molecule has 1 aliphatic rings. The monoisotopic (exact) mass is 421 g/mol. The molecule has 31 heavy (non-hydrogen) atoms. The molecule has 1 heterocycles. The molecule has 0 aromatic heterocycles. The van der Waals surface area contributed by atoms with E-state index in [2.05, 4.69) is 5.32 Å². The van der Waals surface area contributed by atoms with Crippen LogP contribution >= 0.6 is 0 Å². The first kappa shape index (κ1) is 21.9. The van der Waals surface area contributed by atoms with Gasteiger partial charge in [-0.1, -0.05) is 24.3 Å². The maximum absolute atomic E-state index is 12.5. The van der Waals surface area contributed by atoms with Crippen LogP contribution in [0.1, 0.15) is 40.5 Å². The highest BCUT2D eigenvalue weighted by Crippen LogP contribution is 2.26. The fourth-order valence-corrected chi connectivity index (χ4v) is 3.51. The van der Waals surface area contributed by atoms with E-state index in [1.54, 1.807) is 18.2 Å². The van der Waals surface area contributed by atoms with Crippen LogP contribution in [0, 0.1) is 16.0 Å². The second kappa shape index (κ2) is 9.80. The average Bonchev–Trinajstić information content (AvgIpc) is 2.77. The predicted molar refractivity (Wildman–Crippen MR) is 116 cm³/mol. The average molecular weight is 421 g/mol. The minimum absolute atomic E-state index is 0.00526. The third kappa shape index (κ3) is 5.63. The van der Waals surface area contributed by atoms with Crippen LogP contribution in [0.4, 0.5) is 11.4 Å². The molecule has 8 heteroatoms. The quantitative estimate of drug-likeness (QED) is 0.330. The molecule has 0 saturated carbocycles. The van der Waals surface area contributed by atoms with Crippen LogP contribution in [0.25, 0.3) is 0 Å². The van der Waals surface area contributed by atoms with Crippen molar-refractivity contribution in [2.75, 3.05) is 18.4 Å². The summed E-state index contributed by atoms with van der Waals surface area (Å²) in [5.41, 5.74) is 0.556. The molecule has 0 bridgehead atoms. The van der Waals surface area contributed by atoms with Crippen molar-refractivity contribution in [1.29, 1.82) is 0 Å². The van der Waals surface area contributed by atoms with Gasteiger partial charge in [0.2, 0.25) is 5.91 Å². The van der Waals surface area contributed by atoms with Gasteiger partial charge in [-0.25, -0.2) is 0 Å². The molecule has 2 aromatic rings. The molecular formula is C23H23N3O5. The standard InChI is InChI=1S/C23H23N3O5/c1-16(27)24-20-9-8-19(15-21(20)26(30)31)22(28)10-7-17-11-13-25(14-12-17)23(29)18-5-3-2-4-6-18/h2-10,15,17H,11-14H2,1H3,(H,24,27)/b10-7+. The zero-order chi connectivity index (χ0) is 22.4. The number of carbonyl (C=O) groups excluding carboxylic acids is 3. The third-order valence-electron chi connectivity index (χ3n) is 5.16. The summed E-state index contributed by atoms with van der Waals surface area (Å²) in [5.74, 6) is -0.623. The third-order valence-corrected chi connectivity index (χ3v) is 5.16. The molecule has 0 unspecified atom stereocenters. The van der Waals surface area contributed by atoms with Gasteiger partial charge in [0.1, 0.15) is 5.69 Å². The fourth-order valence-electron chi connectivity index (χ4n) is 3.51. The van der Waals surface area contributed by atoms with Crippen molar-refractivity contribution in [3.8, 4) is 0 Å². The van der Waals surface area contributed by atoms with Crippen LogP contribution in [-0.4, -0.2) is 40.5 Å². The number of amides is 2. The summed E-state index contributed by atoms with van der Waals surface area (Å²) >= 11 is 0. The zero-order valence-electron chi connectivity index (χ0n) is 17.1. The van der Waals surface area contributed by atoms with Crippen molar-refractivity contribution in [3.05, 3.63) is 81.9 Å². The van der Waals surface area contributed by atoms with Crippen LogP contribution in [0.5, 0.6) is 0 Å². The summed E-state index contributed by atoms with van der Waals surface area (Å²) in [6.07, 6.45) is 4.71. The number of likely N-dealkylation sites (tertiary alicyclic amines) is 1. The Hall–Kier alpha value is -3.81. The lowest BCUT2D eigenvalue weighted by molar-refractivity contribution is -0.383. The highest BCUT2D eigenvalue weighted by Gasteiger charge is 2.23. The molecular weight excluding hydrogens is 398 g/mol. The Balaban J connectivity index is 1.61. The van der Waals surface area contributed by atoms with E-state index >= 15 is 0 Å². The van der Waals surface area contributed by atoms with Crippen molar-refractivity contribution in [2.24, 2.45) is 5.92 Å². The van der Waals surface area contributed by atoms with E-state index in [-0.39, 0.29) is 34.5 Å². The van der Waals surface area contributed by atoms with Crippen LogP contribution in [-0.2, 0) is 4.79 Å². The Morgan fingerprint density at radius 1 is 1.06 bits per heavy atom. The molecule has 8 nitrogen and oxygen atoms in total. The number of allylic oxidation sites excluding steroid dienone is 2. The van der Waals surface area contributed by atoms with Crippen molar-refractivity contribution in [3.63, 3.8) is 0 Å². The van der Waals surface area contributed by atoms with Gasteiger partial charge in [0, 0.05) is 37.2 Å². The Kier molecular flexibility index (Phi) is 6.92. The summed E-state index contributed by atoms with van der Waals surface area (Å²) in [6.45, 7) is 2.46. The minimum Gasteiger partial charge on any atom is -0.339 e. The van der Waals surface area contributed by atoms with Crippen LogP contribution in [0.3, 0.4) is 0 Å². The molecule has 3 rings (SSSR count). The first-order valence-corrected chi connectivity index (χ1v) is 9.98. The number of nitrogens with zero attached hydrogens (tertiary/aromatic N) is 2. The summed E-state index contributed by atoms with van der Waals surface area (Å²) in [6, 6.07) is 13.1. The van der Waals surface area contributed by atoms with Gasteiger partial charge in [-0.15, -0.1) is 0 Å². The molecule has 1 fully saturated rings. The number of benzene rings is 2. The summed E-state index contributed by atoms with van der Waals surface area (Å²) in [5, 5.41) is 13.7. The lowest BCUT2D eigenvalue weighted by Crippen LogP contribution is -2.38. The topological polar surface area (TPSA) is 110 Å². The molecule has 1 saturated heterocycles. The lowest BCUT2D eigenvalue weighted by Gasteiger charge is -2.30. The normalized spacial score (nSPS) is 14.4. The summed E-state index contributed by atoms with van der Waals surface area (Å²) < 4.78 is 0. The summed E-state index contributed by atoms with van der Waals surface area (Å²) in [7, 11) is 0. The lowest BCUT2D eigenvalue weighted by atomic mass is 9.95.